The van der Waals surface area contributed by atoms with E-state index in [9.17, 15) is 4.79 Å². The first-order valence-corrected chi connectivity index (χ1v) is 7.22. The highest BCUT2D eigenvalue weighted by molar-refractivity contribution is 6.09. The van der Waals surface area contributed by atoms with Gasteiger partial charge in [-0.25, -0.2) is 0 Å². The van der Waals surface area contributed by atoms with Crippen molar-refractivity contribution in [1.29, 1.82) is 0 Å². The van der Waals surface area contributed by atoms with Gasteiger partial charge in [0.15, 0.2) is 0 Å². The number of carbonyl (C=O) groups is 1. The Morgan fingerprint density at radius 3 is 2.95 bits per heavy atom. The summed E-state index contributed by atoms with van der Waals surface area (Å²) in [4.78, 5) is 18.9. The van der Waals surface area contributed by atoms with Crippen LogP contribution in [0.5, 0.6) is 0 Å². The van der Waals surface area contributed by atoms with E-state index in [1.165, 1.54) is 5.56 Å². The van der Waals surface area contributed by atoms with Crippen molar-refractivity contribution in [1.82, 2.24) is 4.98 Å². The molecule has 0 spiro atoms. The van der Waals surface area contributed by atoms with Gasteiger partial charge in [0, 0.05) is 37.4 Å². The highest BCUT2D eigenvalue weighted by Gasteiger charge is 2.28. The third kappa shape index (κ3) is 2.49. The summed E-state index contributed by atoms with van der Waals surface area (Å²) in [5.74, 6) is 0.463. The van der Waals surface area contributed by atoms with Crippen molar-refractivity contribution in [3.05, 3.63) is 53.9 Å². The maximum Gasteiger partial charge on any atom is 0.261 e. The van der Waals surface area contributed by atoms with Crippen molar-refractivity contribution in [2.45, 2.75) is 13.3 Å². The van der Waals surface area contributed by atoms with Gasteiger partial charge in [0.25, 0.3) is 5.91 Å². The second-order valence-corrected chi connectivity index (χ2v) is 5.53. The van der Waals surface area contributed by atoms with Gasteiger partial charge in [-0.15, -0.1) is 0 Å². The van der Waals surface area contributed by atoms with Crippen LogP contribution in [0, 0.1) is 5.92 Å². The molecule has 2 aromatic rings. The zero-order valence-electron chi connectivity index (χ0n) is 12.3. The van der Waals surface area contributed by atoms with Gasteiger partial charge in [0.1, 0.15) is 0 Å². The van der Waals surface area contributed by atoms with Crippen LogP contribution < -0.4 is 10.2 Å². The van der Waals surface area contributed by atoms with Crippen molar-refractivity contribution in [2.75, 3.05) is 23.8 Å². The third-order valence-corrected chi connectivity index (χ3v) is 3.91. The van der Waals surface area contributed by atoms with E-state index < -0.39 is 0 Å². The summed E-state index contributed by atoms with van der Waals surface area (Å²) in [7, 11) is 1.82. The summed E-state index contributed by atoms with van der Waals surface area (Å²) in [5, 5.41) is 3.06. The topological polar surface area (TPSA) is 45.2 Å². The summed E-state index contributed by atoms with van der Waals surface area (Å²) in [5.41, 5.74) is 3.68. The number of nitrogens with one attached hydrogen (secondary N) is 1. The maximum atomic E-state index is 12.9. The molecule has 1 aliphatic rings. The highest BCUT2D eigenvalue weighted by Crippen LogP contribution is 2.31. The largest absolute Gasteiger partial charge is 0.387 e. The summed E-state index contributed by atoms with van der Waals surface area (Å²) in [6.45, 7) is 2.92. The van der Waals surface area contributed by atoms with Crippen LogP contribution in [-0.2, 0) is 6.42 Å². The van der Waals surface area contributed by atoms with Crippen molar-refractivity contribution in [3.63, 3.8) is 0 Å². The van der Waals surface area contributed by atoms with E-state index in [1.54, 1.807) is 12.4 Å². The van der Waals surface area contributed by atoms with Crippen molar-refractivity contribution >= 4 is 17.3 Å². The minimum atomic E-state index is 0.00597. The normalized spacial score (nSPS) is 17.2. The van der Waals surface area contributed by atoms with E-state index in [4.69, 9.17) is 0 Å². The van der Waals surface area contributed by atoms with Crippen LogP contribution >= 0.6 is 0 Å². The average Bonchev–Trinajstić information content (AvgIpc) is 2.53. The molecule has 1 aromatic carbocycles. The standard InChI is InChI=1S/C17H19N3O/c1-12-9-13-5-3-4-6-16(13)20(11-12)17(21)14-10-19-8-7-15(14)18-2/h3-8,10,12H,9,11H2,1-2H3,(H,18,19). The van der Waals surface area contributed by atoms with E-state index in [1.807, 2.05) is 36.2 Å². The first-order chi connectivity index (χ1) is 10.2. The number of anilines is 2. The Labute approximate surface area is 124 Å². The number of nitrogens with zero attached hydrogens (tertiary/aromatic N) is 2. The Balaban J connectivity index is 2.02. The Hall–Kier alpha value is -2.36. The lowest BCUT2D eigenvalue weighted by molar-refractivity contribution is 0.0981. The first kappa shape index (κ1) is 13.6. The number of carbonyl (C=O) groups excluding carboxylic acids is 1. The molecule has 21 heavy (non-hydrogen) atoms. The molecule has 4 heteroatoms. The summed E-state index contributed by atoms with van der Waals surface area (Å²) < 4.78 is 0. The van der Waals surface area contributed by atoms with Crippen LogP contribution in [0.2, 0.25) is 0 Å². The molecular formula is C17H19N3O. The number of benzene rings is 1. The molecule has 0 bridgehead atoms. The third-order valence-electron chi connectivity index (χ3n) is 3.91. The van der Waals surface area contributed by atoms with E-state index in [0.717, 1.165) is 24.3 Å². The maximum absolute atomic E-state index is 12.9. The molecule has 1 aliphatic heterocycles. The summed E-state index contributed by atoms with van der Waals surface area (Å²) in [6, 6.07) is 9.97. The number of fused-ring (bicyclic) bond motifs is 1. The second kappa shape index (κ2) is 5.56. The lowest BCUT2D eigenvalue weighted by atomic mass is 9.93. The zero-order chi connectivity index (χ0) is 14.8. The van der Waals surface area contributed by atoms with Crippen LogP contribution in [0.25, 0.3) is 0 Å². The quantitative estimate of drug-likeness (QED) is 0.920. The molecule has 0 radical (unpaired) electrons. The van der Waals surface area contributed by atoms with Crippen molar-refractivity contribution in [2.24, 2.45) is 5.92 Å². The van der Waals surface area contributed by atoms with E-state index in [2.05, 4.69) is 23.3 Å². The van der Waals surface area contributed by atoms with Gasteiger partial charge >= 0.3 is 0 Å². The lowest BCUT2D eigenvalue weighted by Gasteiger charge is -2.33. The molecular weight excluding hydrogens is 262 g/mol. The minimum Gasteiger partial charge on any atom is -0.387 e. The van der Waals surface area contributed by atoms with Crippen molar-refractivity contribution < 1.29 is 4.79 Å². The SMILES string of the molecule is CNc1ccncc1C(=O)N1CC(C)Cc2ccccc21. The average molecular weight is 281 g/mol. The van der Waals surface area contributed by atoms with Crippen LogP contribution in [0.15, 0.2) is 42.7 Å². The molecule has 2 heterocycles. The van der Waals surface area contributed by atoms with Gasteiger partial charge in [-0.2, -0.15) is 0 Å². The number of amides is 1. The molecule has 0 saturated carbocycles. The predicted molar refractivity (Wildman–Crippen MR) is 84.8 cm³/mol. The van der Waals surface area contributed by atoms with E-state index in [0.29, 0.717) is 11.5 Å². The van der Waals surface area contributed by atoms with Gasteiger partial charge in [-0.1, -0.05) is 25.1 Å². The molecule has 3 rings (SSSR count). The predicted octanol–water partition coefficient (Wildman–Crippen LogP) is 2.96. The molecule has 1 N–H and O–H groups in total. The molecule has 1 amide bonds. The number of rotatable bonds is 2. The van der Waals surface area contributed by atoms with Gasteiger partial charge in [0.05, 0.1) is 5.56 Å². The molecule has 0 aliphatic carbocycles. The fraction of sp³-hybridized carbons (Fsp3) is 0.294. The van der Waals surface area contributed by atoms with Crippen molar-refractivity contribution in [3.8, 4) is 0 Å². The molecule has 0 saturated heterocycles. The van der Waals surface area contributed by atoms with Gasteiger partial charge in [-0.3, -0.25) is 9.78 Å². The molecule has 1 atom stereocenters. The van der Waals surface area contributed by atoms with Crippen LogP contribution in [0.3, 0.4) is 0 Å². The fourth-order valence-electron chi connectivity index (χ4n) is 2.92. The van der Waals surface area contributed by atoms with Gasteiger partial charge in [-0.05, 0) is 30.0 Å². The Morgan fingerprint density at radius 1 is 1.33 bits per heavy atom. The monoisotopic (exact) mass is 281 g/mol. The Bertz CT molecular complexity index is 669. The van der Waals surface area contributed by atoms with E-state index >= 15 is 0 Å². The molecule has 1 aromatic heterocycles. The van der Waals surface area contributed by atoms with Crippen LogP contribution in [0.1, 0.15) is 22.8 Å². The number of aromatic nitrogens is 1. The van der Waals surface area contributed by atoms with Gasteiger partial charge < -0.3 is 10.2 Å². The van der Waals surface area contributed by atoms with E-state index in [-0.39, 0.29) is 5.91 Å². The van der Waals surface area contributed by atoms with Crippen LogP contribution in [0.4, 0.5) is 11.4 Å². The second-order valence-electron chi connectivity index (χ2n) is 5.53. The smallest absolute Gasteiger partial charge is 0.261 e. The number of para-hydroxylation sites is 1. The highest BCUT2D eigenvalue weighted by atomic mass is 16.2. The number of hydrogen-bond donors (Lipinski definition) is 1. The molecule has 1 unspecified atom stereocenters. The zero-order valence-corrected chi connectivity index (χ0v) is 12.3. The lowest BCUT2D eigenvalue weighted by Crippen LogP contribution is -2.39. The first-order valence-electron chi connectivity index (χ1n) is 7.22. The molecule has 108 valence electrons. The minimum absolute atomic E-state index is 0.00597. The Morgan fingerprint density at radius 2 is 2.14 bits per heavy atom. The molecule has 4 nitrogen and oxygen atoms in total. The fourth-order valence-corrected chi connectivity index (χ4v) is 2.92. The van der Waals surface area contributed by atoms with Gasteiger partial charge in [0.2, 0.25) is 0 Å². The van der Waals surface area contributed by atoms with Crippen LogP contribution in [-0.4, -0.2) is 24.5 Å². The summed E-state index contributed by atoms with van der Waals surface area (Å²) >= 11 is 0. The molecule has 0 fully saturated rings. The Kier molecular flexibility index (Phi) is 3.60. The number of hydrogen-bond acceptors (Lipinski definition) is 3. The summed E-state index contributed by atoms with van der Waals surface area (Å²) in [6.07, 6.45) is 4.34. The number of pyridine rings is 1.